The van der Waals surface area contributed by atoms with E-state index in [1.807, 2.05) is 12.2 Å². The maximum absolute atomic E-state index is 12.4. The van der Waals surface area contributed by atoms with E-state index in [1.54, 1.807) is 6.08 Å². The molecule has 4 heteroatoms. The number of aliphatic hydroxyl groups is 1. The molecule has 1 N–H and O–H groups in total. The smallest absolute Gasteiger partial charge is 0.394 e. The molecule has 0 bridgehead atoms. The third-order valence-corrected chi connectivity index (χ3v) is 3.70. The second-order valence-corrected chi connectivity index (χ2v) is 6.07. The Morgan fingerprint density at radius 3 is 1.26 bits per heavy atom. The third-order valence-electron chi connectivity index (χ3n) is 3.70. The molecule has 0 aromatic heterocycles. The molecular formula is C23H33F3O. The number of allylic oxidation sites excluding steroid dienone is 12. The summed E-state index contributed by atoms with van der Waals surface area (Å²) < 4.78 is 37.2. The molecule has 27 heavy (non-hydrogen) atoms. The van der Waals surface area contributed by atoms with Crippen molar-refractivity contribution in [2.45, 2.75) is 58.0 Å². The van der Waals surface area contributed by atoms with Crippen LogP contribution >= 0.6 is 0 Å². The number of halogens is 3. The van der Waals surface area contributed by atoms with E-state index < -0.39 is 18.7 Å². The first kappa shape index (κ1) is 25.2. The molecule has 0 spiro atoms. The van der Waals surface area contributed by atoms with Crippen molar-refractivity contribution in [1.29, 1.82) is 0 Å². The maximum Gasteiger partial charge on any atom is 0.394 e. The Balaban J connectivity index is 3.72. The van der Waals surface area contributed by atoms with Gasteiger partial charge in [0.25, 0.3) is 0 Å². The van der Waals surface area contributed by atoms with Crippen LogP contribution in [0.15, 0.2) is 72.9 Å². The molecule has 0 saturated carbocycles. The van der Waals surface area contributed by atoms with Gasteiger partial charge in [0.15, 0.2) is 0 Å². The van der Waals surface area contributed by atoms with Gasteiger partial charge in [-0.15, -0.1) is 0 Å². The highest BCUT2D eigenvalue weighted by atomic mass is 19.4. The van der Waals surface area contributed by atoms with Gasteiger partial charge in [-0.3, -0.25) is 0 Å². The summed E-state index contributed by atoms with van der Waals surface area (Å²) in [6.07, 6.45) is 25.0. The Hall–Kier alpha value is -1.81. The lowest BCUT2D eigenvalue weighted by Crippen LogP contribution is -2.25. The molecule has 1 nitrogen and oxygen atoms in total. The average Bonchev–Trinajstić information content (AvgIpc) is 2.62. The summed E-state index contributed by atoms with van der Waals surface area (Å²) in [4.78, 5) is 0. The molecule has 0 aromatic rings. The summed E-state index contributed by atoms with van der Waals surface area (Å²) in [6.45, 7) is 1.26. The monoisotopic (exact) mass is 382 g/mol. The zero-order valence-corrected chi connectivity index (χ0v) is 16.2. The zero-order valence-electron chi connectivity index (χ0n) is 16.2. The molecule has 152 valence electrons. The van der Waals surface area contributed by atoms with Crippen molar-refractivity contribution in [3.05, 3.63) is 72.9 Å². The fourth-order valence-corrected chi connectivity index (χ4v) is 2.09. The Labute approximate surface area is 162 Å². The predicted octanol–water partition coefficient (Wildman–Crippen LogP) is 7.25. The van der Waals surface area contributed by atoms with Gasteiger partial charge in [-0.25, -0.2) is 0 Å². The van der Waals surface area contributed by atoms with Crippen LogP contribution in [0, 0.1) is 5.92 Å². The Bertz CT molecular complexity index is 508. The topological polar surface area (TPSA) is 20.2 Å². The second-order valence-electron chi connectivity index (χ2n) is 6.07. The third kappa shape index (κ3) is 17.4. The fourth-order valence-electron chi connectivity index (χ4n) is 2.09. The van der Waals surface area contributed by atoms with E-state index in [9.17, 15) is 13.2 Å². The van der Waals surface area contributed by atoms with Gasteiger partial charge in [0.2, 0.25) is 0 Å². The van der Waals surface area contributed by atoms with Crippen LogP contribution in [0.1, 0.15) is 51.9 Å². The van der Waals surface area contributed by atoms with Crippen LogP contribution in [0.4, 0.5) is 13.2 Å². The lowest BCUT2D eigenvalue weighted by Gasteiger charge is -2.15. The molecule has 0 aromatic carbocycles. The van der Waals surface area contributed by atoms with Gasteiger partial charge in [-0.2, -0.15) is 13.2 Å². The zero-order chi connectivity index (χ0) is 20.2. The van der Waals surface area contributed by atoms with E-state index in [4.69, 9.17) is 5.11 Å². The van der Waals surface area contributed by atoms with Crippen LogP contribution in [0.2, 0.25) is 0 Å². The van der Waals surface area contributed by atoms with Crippen molar-refractivity contribution in [2.24, 2.45) is 5.92 Å². The van der Waals surface area contributed by atoms with Crippen molar-refractivity contribution >= 4 is 0 Å². The van der Waals surface area contributed by atoms with Crippen LogP contribution in [0.25, 0.3) is 0 Å². The van der Waals surface area contributed by atoms with Crippen molar-refractivity contribution in [2.75, 3.05) is 6.61 Å². The summed E-state index contributed by atoms with van der Waals surface area (Å²) in [5.74, 6) is -1.66. The van der Waals surface area contributed by atoms with Gasteiger partial charge >= 0.3 is 6.18 Å². The highest BCUT2D eigenvalue weighted by Crippen LogP contribution is 2.28. The Kier molecular flexibility index (Phi) is 16.4. The standard InChI is InChI=1S/C23H33F3O/c1-2-3-4-5-6-7-8-9-10-11-12-13-14-15-16-17-18-19-20-22(21-27)23(24,25)26/h3-4,6-7,9-10,12-13,15-16,18-19,22,27H,2,5,8,11,14,17,20-21H2,1H3/b4-3-,7-6-,10-9-,13-12-,16-15-,19-18-. The molecule has 0 aliphatic rings. The average molecular weight is 383 g/mol. The van der Waals surface area contributed by atoms with E-state index >= 15 is 0 Å². The van der Waals surface area contributed by atoms with Gasteiger partial charge in [-0.1, -0.05) is 79.8 Å². The van der Waals surface area contributed by atoms with Crippen molar-refractivity contribution in [3.63, 3.8) is 0 Å². The molecular weight excluding hydrogens is 349 g/mol. The minimum atomic E-state index is -4.34. The van der Waals surface area contributed by atoms with E-state index in [-0.39, 0.29) is 6.42 Å². The lowest BCUT2D eigenvalue weighted by molar-refractivity contribution is -0.182. The fraction of sp³-hybridized carbons (Fsp3) is 0.478. The van der Waals surface area contributed by atoms with Crippen molar-refractivity contribution in [3.8, 4) is 0 Å². The Morgan fingerprint density at radius 1 is 0.630 bits per heavy atom. The number of hydrogen-bond donors (Lipinski definition) is 1. The van der Waals surface area contributed by atoms with Gasteiger partial charge < -0.3 is 5.11 Å². The molecule has 0 fully saturated rings. The first-order valence-corrected chi connectivity index (χ1v) is 9.59. The quantitative estimate of drug-likeness (QED) is 0.314. The highest BCUT2D eigenvalue weighted by molar-refractivity contribution is 5.01. The minimum Gasteiger partial charge on any atom is -0.396 e. The summed E-state index contributed by atoms with van der Waals surface area (Å²) >= 11 is 0. The van der Waals surface area contributed by atoms with Gasteiger partial charge in [0.05, 0.1) is 12.5 Å². The van der Waals surface area contributed by atoms with Crippen molar-refractivity contribution < 1.29 is 18.3 Å². The van der Waals surface area contributed by atoms with Crippen LogP contribution in [-0.4, -0.2) is 17.9 Å². The first-order chi connectivity index (χ1) is 13.0. The highest BCUT2D eigenvalue weighted by Gasteiger charge is 2.37. The predicted molar refractivity (Wildman–Crippen MR) is 109 cm³/mol. The van der Waals surface area contributed by atoms with Crippen LogP contribution in [0.5, 0.6) is 0 Å². The van der Waals surface area contributed by atoms with E-state index in [1.165, 1.54) is 6.08 Å². The number of alkyl halides is 3. The van der Waals surface area contributed by atoms with Crippen LogP contribution in [0.3, 0.4) is 0 Å². The molecule has 0 rings (SSSR count). The molecule has 0 heterocycles. The minimum absolute atomic E-state index is 0.176. The molecule has 0 aliphatic heterocycles. The first-order valence-electron chi connectivity index (χ1n) is 9.59. The lowest BCUT2D eigenvalue weighted by atomic mass is 10.1. The molecule has 0 aliphatic carbocycles. The Morgan fingerprint density at radius 2 is 0.963 bits per heavy atom. The number of hydrogen-bond acceptors (Lipinski definition) is 1. The van der Waals surface area contributed by atoms with E-state index in [0.29, 0.717) is 6.42 Å². The normalized spacial score (nSPS) is 15.0. The van der Waals surface area contributed by atoms with Crippen molar-refractivity contribution in [1.82, 2.24) is 0 Å². The van der Waals surface area contributed by atoms with Gasteiger partial charge in [0.1, 0.15) is 0 Å². The summed E-state index contributed by atoms with van der Waals surface area (Å²) in [5, 5.41) is 8.72. The second kappa shape index (κ2) is 17.6. The van der Waals surface area contributed by atoms with Crippen LogP contribution in [-0.2, 0) is 0 Å². The van der Waals surface area contributed by atoms with E-state index in [0.717, 1.165) is 32.1 Å². The van der Waals surface area contributed by atoms with Crippen LogP contribution < -0.4 is 0 Å². The molecule has 1 unspecified atom stereocenters. The van der Waals surface area contributed by atoms with Gasteiger partial charge in [0, 0.05) is 0 Å². The summed E-state index contributed by atoms with van der Waals surface area (Å²) in [5.41, 5.74) is 0. The largest absolute Gasteiger partial charge is 0.396 e. The molecule has 1 atom stereocenters. The maximum atomic E-state index is 12.4. The van der Waals surface area contributed by atoms with Gasteiger partial charge in [-0.05, 0) is 44.9 Å². The summed E-state index contributed by atoms with van der Waals surface area (Å²) in [6, 6.07) is 0. The molecule has 0 amide bonds. The molecule has 0 radical (unpaired) electrons. The SMILES string of the molecule is CC/C=C\C/C=C\C/C=C\C/C=C\C/C=C\C/C=C\CC(CO)C(F)(F)F. The van der Waals surface area contributed by atoms with E-state index in [2.05, 4.69) is 55.5 Å². The number of aliphatic hydroxyl groups excluding tert-OH is 1. The molecule has 0 saturated heterocycles. The number of rotatable bonds is 14. The summed E-state index contributed by atoms with van der Waals surface area (Å²) in [7, 11) is 0.